The van der Waals surface area contributed by atoms with Gasteiger partial charge in [-0.15, -0.1) is 0 Å². The molecule has 4 rings (SSSR count). The van der Waals surface area contributed by atoms with E-state index in [2.05, 4.69) is 15.0 Å². The molecule has 4 aromatic rings. The fraction of sp³-hybridized carbons (Fsp3) is 0. The number of non-ortho nitro benzene ring substituents is 1. The van der Waals surface area contributed by atoms with E-state index < -0.39 is 20.9 Å². The van der Waals surface area contributed by atoms with Crippen molar-refractivity contribution in [1.29, 1.82) is 0 Å². The van der Waals surface area contributed by atoms with Crippen LogP contribution >= 0.6 is 11.6 Å². The fourth-order valence-corrected chi connectivity index (χ4v) is 4.31. The number of nitro benzene ring substituents is 1. The quantitative estimate of drug-likeness (QED) is 0.285. The first-order valence-corrected chi connectivity index (χ1v) is 11.6. The van der Waals surface area contributed by atoms with Gasteiger partial charge in [-0.25, -0.2) is 13.4 Å². The standard InChI is InChI=1S/C22H16ClN5O5S/c23-21-10-7-18(28(30)31)13-20(21)22(29)25-15-3-8-19(9-4-15)34(32,33)26-16-1-5-17(6-2-16)27-12-11-24-14-27/h1-14,26H,(H,25,29). The first kappa shape index (κ1) is 23.0. The van der Waals surface area contributed by atoms with Gasteiger partial charge in [0.15, 0.2) is 0 Å². The number of rotatable bonds is 7. The molecule has 3 aromatic carbocycles. The van der Waals surface area contributed by atoms with Crippen molar-refractivity contribution in [2.24, 2.45) is 0 Å². The monoisotopic (exact) mass is 497 g/mol. The number of nitrogens with zero attached hydrogens (tertiary/aromatic N) is 3. The van der Waals surface area contributed by atoms with Gasteiger partial charge in [-0.2, -0.15) is 0 Å². The van der Waals surface area contributed by atoms with Crippen molar-refractivity contribution in [3.05, 3.63) is 106 Å². The average molecular weight is 498 g/mol. The van der Waals surface area contributed by atoms with E-state index in [4.69, 9.17) is 11.6 Å². The van der Waals surface area contributed by atoms with Gasteiger partial charge < -0.3 is 9.88 Å². The molecule has 0 radical (unpaired) electrons. The summed E-state index contributed by atoms with van der Waals surface area (Å²) in [5.74, 6) is -0.666. The molecule has 0 unspecified atom stereocenters. The highest BCUT2D eigenvalue weighted by atomic mass is 35.5. The summed E-state index contributed by atoms with van der Waals surface area (Å²) in [6.45, 7) is 0. The van der Waals surface area contributed by atoms with Crippen LogP contribution < -0.4 is 10.0 Å². The number of hydrogen-bond acceptors (Lipinski definition) is 6. The maximum Gasteiger partial charge on any atom is 0.270 e. The Morgan fingerprint density at radius 2 is 1.68 bits per heavy atom. The Hall–Kier alpha value is -4.22. The Morgan fingerprint density at radius 1 is 1.00 bits per heavy atom. The van der Waals surface area contributed by atoms with Gasteiger partial charge in [0.1, 0.15) is 0 Å². The van der Waals surface area contributed by atoms with Gasteiger partial charge in [-0.05, 0) is 54.6 Å². The lowest BCUT2D eigenvalue weighted by molar-refractivity contribution is -0.384. The van der Waals surface area contributed by atoms with Gasteiger partial charge >= 0.3 is 0 Å². The van der Waals surface area contributed by atoms with Crippen LogP contribution in [0.1, 0.15) is 10.4 Å². The van der Waals surface area contributed by atoms with Crippen molar-refractivity contribution in [2.75, 3.05) is 10.0 Å². The maximum absolute atomic E-state index is 12.7. The molecule has 10 nitrogen and oxygen atoms in total. The second kappa shape index (κ2) is 9.33. The third-order valence-electron chi connectivity index (χ3n) is 4.75. The van der Waals surface area contributed by atoms with E-state index in [0.29, 0.717) is 5.69 Å². The first-order valence-electron chi connectivity index (χ1n) is 9.69. The highest BCUT2D eigenvalue weighted by Gasteiger charge is 2.17. The molecule has 0 fully saturated rings. The molecular formula is C22H16ClN5O5S. The predicted octanol–water partition coefficient (Wildman–Crippen LogP) is 4.49. The van der Waals surface area contributed by atoms with Crippen LogP contribution in [0.5, 0.6) is 0 Å². The summed E-state index contributed by atoms with van der Waals surface area (Å²) in [5.41, 5.74) is 1.13. The fourth-order valence-electron chi connectivity index (χ4n) is 3.04. The van der Waals surface area contributed by atoms with Gasteiger partial charge in [0.05, 0.1) is 26.7 Å². The van der Waals surface area contributed by atoms with Crippen LogP contribution in [0.2, 0.25) is 5.02 Å². The van der Waals surface area contributed by atoms with Crippen LogP contribution in [0.25, 0.3) is 5.69 Å². The van der Waals surface area contributed by atoms with Gasteiger partial charge in [0.2, 0.25) is 0 Å². The molecule has 0 atom stereocenters. The third kappa shape index (κ3) is 5.05. The number of aromatic nitrogens is 2. The number of nitro groups is 1. The number of sulfonamides is 1. The number of benzene rings is 3. The lowest BCUT2D eigenvalue weighted by Gasteiger charge is -2.11. The first-order chi connectivity index (χ1) is 16.2. The molecule has 0 saturated carbocycles. The molecule has 0 bridgehead atoms. The number of hydrogen-bond donors (Lipinski definition) is 2. The van der Waals surface area contributed by atoms with E-state index in [1.807, 2.05) is 0 Å². The second-order valence-electron chi connectivity index (χ2n) is 7.02. The zero-order chi connectivity index (χ0) is 24.3. The molecule has 1 heterocycles. The van der Waals surface area contributed by atoms with Crippen LogP contribution in [-0.2, 0) is 10.0 Å². The van der Waals surface area contributed by atoms with Crippen LogP contribution in [0.4, 0.5) is 17.1 Å². The van der Waals surface area contributed by atoms with Crippen LogP contribution in [0.15, 0.2) is 90.3 Å². The zero-order valence-corrected chi connectivity index (χ0v) is 18.8. The van der Waals surface area contributed by atoms with Gasteiger partial charge in [0, 0.05) is 41.6 Å². The van der Waals surface area contributed by atoms with E-state index in [1.54, 1.807) is 47.6 Å². The minimum absolute atomic E-state index is 0.0161. The third-order valence-corrected chi connectivity index (χ3v) is 6.48. The zero-order valence-electron chi connectivity index (χ0n) is 17.3. The Labute approximate surface area is 199 Å². The smallest absolute Gasteiger partial charge is 0.270 e. The SMILES string of the molecule is O=C(Nc1ccc(S(=O)(=O)Nc2ccc(-n3ccnc3)cc2)cc1)c1cc([N+](=O)[O-])ccc1Cl. The lowest BCUT2D eigenvalue weighted by atomic mass is 10.2. The summed E-state index contributed by atoms with van der Waals surface area (Å²) in [7, 11) is -3.88. The lowest BCUT2D eigenvalue weighted by Crippen LogP contribution is -2.14. The number of carbonyl (C=O) groups excluding carboxylic acids is 1. The second-order valence-corrected chi connectivity index (χ2v) is 9.11. The minimum Gasteiger partial charge on any atom is -0.322 e. The van der Waals surface area contributed by atoms with Gasteiger partial charge in [-0.3, -0.25) is 19.6 Å². The predicted molar refractivity (Wildman–Crippen MR) is 127 cm³/mol. The Bertz CT molecular complexity index is 1450. The largest absolute Gasteiger partial charge is 0.322 e. The summed E-state index contributed by atoms with van der Waals surface area (Å²) in [6.07, 6.45) is 5.04. The van der Waals surface area contributed by atoms with E-state index >= 15 is 0 Å². The molecule has 0 spiro atoms. The molecule has 0 aliphatic carbocycles. The van der Waals surface area contributed by atoms with E-state index in [1.165, 1.54) is 36.4 Å². The van der Waals surface area contributed by atoms with Gasteiger partial charge in [-0.1, -0.05) is 11.6 Å². The average Bonchev–Trinajstić information content (AvgIpc) is 3.35. The van der Waals surface area contributed by atoms with Crippen molar-refractivity contribution < 1.29 is 18.1 Å². The number of amides is 1. The minimum atomic E-state index is -3.88. The van der Waals surface area contributed by atoms with Crippen LogP contribution in [0.3, 0.4) is 0 Å². The van der Waals surface area contributed by atoms with E-state index in [9.17, 15) is 23.3 Å². The summed E-state index contributed by atoms with van der Waals surface area (Å²) in [4.78, 5) is 26.8. The molecular weight excluding hydrogens is 482 g/mol. The molecule has 1 amide bonds. The van der Waals surface area contributed by atoms with Gasteiger partial charge in [0.25, 0.3) is 21.6 Å². The summed E-state index contributed by atoms with van der Waals surface area (Å²) >= 11 is 5.99. The molecule has 172 valence electrons. The Morgan fingerprint density at radius 3 is 2.29 bits per heavy atom. The number of halogens is 1. The van der Waals surface area contributed by atoms with Crippen molar-refractivity contribution in [1.82, 2.24) is 9.55 Å². The number of nitrogens with one attached hydrogen (secondary N) is 2. The molecule has 12 heteroatoms. The normalized spacial score (nSPS) is 11.1. The Balaban J connectivity index is 1.46. The van der Waals surface area contributed by atoms with E-state index in [-0.39, 0.29) is 26.9 Å². The number of anilines is 2. The summed E-state index contributed by atoms with van der Waals surface area (Å²) < 4.78 is 29.7. The number of imidazole rings is 1. The van der Waals surface area contributed by atoms with Crippen LogP contribution in [-0.4, -0.2) is 28.8 Å². The Kier molecular flexibility index (Phi) is 6.30. The highest BCUT2D eigenvalue weighted by Crippen LogP contribution is 2.24. The number of carbonyl (C=O) groups is 1. The van der Waals surface area contributed by atoms with Crippen molar-refractivity contribution >= 4 is 44.6 Å². The molecule has 0 aliphatic heterocycles. The highest BCUT2D eigenvalue weighted by molar-refractivity contribution is 7.92. The molecule has 2 N–H and O–H groups in total. The summed E-state index contributed by atoms with van der Waals surface area (Å²) in [6, 6.07) is 15.7. The molecule has 34 heavy (non-hydrogen) atoms. The molecule has 0 saturated heterocycles. The summed E-state index contributed by atoms with van der Waals surface area (Å²) in [5, 5.41) is 13.5. The topological polar surface area (TPSA) is 136 Å². The van der Waals surface area contributed by atoms with Crippen molar-refractivity contribution in [2.45, 2.75) is 4.90 Å². The maximum atomic E-state index is 12.7. The van der Waals surface area contributed by atoms with Crippen molar-refractivity contribution in [3.63, 3.8) is 0 Å². The molecule has 1 aromatic heterocycles. The van der Waals surface area contributed by atoms with E-state index in [0.717, 1.165) is 11.8 Å². The van der Waals surface area contributed by atoms with Crippen molar-refractivity contribution in [3.8, 4) is 5.69 Å². The van der Waals surface area contributed by atoms with Crippen LogP contribution in [0, 0.1) is 10.1 Å². The molecule has 0 aliphatic rings.